The average molecular weight is 376 g/mol. The Hall–Kier alpha value is -2.57. The van der Waals surface area contributed by atoms with Crippen molar-refractivity contribution in [3.05, 3.63) is 58.2 Å². The van der Waals surface area contributed by atoms with Gasteiger partial charge in [-0.3, -0.25) is 0 Å². The van der Waals surface area contributed by atoms with E-state index in [0.717, 1.165) is 11.3 Å². The first-order valence-corrected chi connectivity index (χ1v) is 8.13. The first-order chi connectivity index (χ1) is 12.0. The van der Waals surface area contributed by atoms with Crippen LogP contribution < -0.4 is 15.4 Å². The molecule has 0 saturated carbocycles. The van der Waals surface area contributed by atoms with E-state index in [1.54, 1.807) is 25.3 Å². The summed E-state index contributed by atoms with van der Waals surface area (Å²) in [5, 5.41) is 15.2. The number of ether oxygens (including phenoxy) is 1. The summed E-state index contributed by atoms with van der Waals surface area (Å²) in [6.07, 6.45) is 1.53. The Labute approximate surface area is 155 Å². The van der Waals surface area contributed by atoms with Crippen molar-refractivity contribution in [2.45, 2.75) is 6.92 Å². The lowest BCUT2D eigenvalue weighted by Crippen LogP contribution is -2.03. The number of halogens is 2. The second-order valence-electron chi connectivity index (χ2n) is 5.28. The van der Waals surface area contributed by atoms with Gasteiger partial charge in [0.15, 0.2) is 5.82 Å². The van der Waals surface area contributed by atoms with Crippen LogP contribution in [0.15, 0.2) is 42.6 Å². The molecule has 0 aliphatic heterocycles. The van der Waals surface area contributed by atoms with Crippen LogP contribution in [-0.2, 0) is 0 Å². The van der Waals surface area contributed by atoms with E-state index in [4.69, 9.17) is 27.9 Å². The van der Waals surface area contributed by atoms with Gasteiger partial charge >= 0.3 is 0 Å². The summed E-state index contributed by atoms with van der Waals surface area (Å²) in [4.78, 5) is 4.39. The molecule has 1 aromatic heterocycles. The molecule has 0 atom stereocenters. The van der Waals surface area contributed by atoms with E-state index in [-0.39, 0.29) is 0 Å². The maximum absolute atomic E-state index is 6.00. The second-order valence-corrected chi connectivity index (χ2v) is 6.15. The largest absolute Gasteiger partial charge is 0.495 e. The van der Waals surface area contributed by atoms with Crippen molar-refractivity contribution in [2.75, 3.05) is 17.7 Å². The number of hydrogen-bond acceptors (Lipinski definition) is 6. The summed E-state index contributed by atoms with van der Waals surface area (Å²) in [5.41, 5.74) is 2.56. The predicted octanol–water partition coefficient (Wildman–Crippen LogP) is 4.98. The summed E-state index contributed by atoms with van der Waals surface area (Å²) in [5.74, 6) is 1.55. The number of nitrogens with zero attached hydrogens (tertiary/aromatic N) is 3. The highest BCUT2D eigenvalue weighted by atomic mass is 35.5. The van der Waals surface area contributed by atoms with Gasteiger partial charge < -0.3 is 15.4 Å². The van der Waals surface area contributed by atoms with Crippen LogP contribution in [0.4, 0.5) is 23.1 Å². The number of rotatable bonds is 5. The molecular formula is C17H15Cl2N5O. The van der Waals surface area contributed by atoms with Crippen LogP contribution in [0.2, 0.25) is 10.0 Å². The molecule has 2 N–H and O–H groups in total. The maximum atomic E-state index is 6.00. The van der Waals surface area contributed by atoms with Gasteiger partial charge in [0.1, 0.15) is 5.75 Å². The Kier molecular flexibility index (Phi) is 5.21. The predicted molar refractivity (Wildman–Crippen MR) is 101 cm³/mol. The Morgan fingerprint density at radius 1 is 1.00 bits per heavy atom. The number of hydrogen-bond donors (Lipinski definition) is 2. The number of aryl methyl sites for hydroxylation is 1. The highest BCUT2D eigenvalue weighted by molar-refractivity contribution is 6.35. The smallest absolute Gasteiger partial charge is 0.249 e. The van der Waals surface area contributed by atoms with E-state index in [1.807, 2.05) is 25.1 Å². The van der Waals surface area contributed by atoms with Crippen molar-refractivity contribution >= 4 is 46.3 Å². The molecule has 0 spiro atoms. The maximum Gasteiger partial charge on any atom is 0.249 e. The average Bonchev–Trinajstić information content (AvgIpc) is 2.54. The Morgan fingerprint density at radius 2 is 1.76 bits per heavy atom. The van der Waals surface area contributed by atoms with Crippen LogP contribution in [0.1, 0.15) is 5.56 Å². The van der Waals surface area contributed by atoms with Crippen LogP contribution >= 0.6 is 23.2 Å². The summed E-state index contributed by atoms with van der Waals surface area (Å²) in [6, 6.07) is 10.9. The van der Waals surface area contributed by atoms with E-state index in [1.165, 1.54) is 6.20 Å². The molecule has 8 heteroatoms. The quantitative estimate of drug-likeness (QED) is 0.654. The second kappa shape index (κ2) is 7.55. The minimum atomic E-state index is 0.315. The molecule has 0 bridgehead atoms. The standard InChI is InChI=1S/C17H15Cl2N5O/c1-10-3-4-15(25-2)14(5-10)22-16-9-20-24-17(23-16)21-13-7-11(18)6-12(19)8-13/h3-9H,1-2H3,(H2,21,22,23,24). The molecule has 0 amide bonds. The van der Waals surface area contributed by atoms with Gasteiger partial charge in [-0.1, -0.05) is 29.3 Å². The fourth-order valence-corrected chi connectivity index (χ4v) is 2.76. The van der Waals surface area contributed by atoms with Crippen LogP contribution in [0.3, 0.4) is 0 Å². The van der Waals surface area contributed by atoms with Gasteiger partial charge in [-0.15, -0.1) is 5.10 Å². The molecule has 0 aliphatic carbocycles. The van der Waals surface area contributed by atoms with E-state index in [0.29, 0.717) is 33.2 Å². The van der Waals surface area contributed by atoms with Crippen molar-refractivity contribution in [1.82, 2.24) is 15.2 Å². The molecule has 1 heterocycles. The highest BCUT2D eigenvalue weighted by Crippen LogP contribution is 2.28. The van der Waals surface area contributed by atoms with E-state index < -0.39 is 0 Å². The van der Waals surface area contributed by atoms with Crippen LogP contribution in [0.25, 0.3) is 0 Å². The molecule has 0 fully saturated rings. The summed E-state index contributed by atoms with van der Waals surface area (Å²) >= 11 is 12.0. The van der Waals surface area contributed by atoms with Crippen molar-refractivity contribution in [3.8, 4) is 5.75 Å². The molecular weight excluding hydrogens is 361 g/mol. The minimum Gasteiger partial charge on any atom is -0.495 e. The number of anilines is 4. The molecule has 0 saturated heterocycles. The normalized spacial score (nSPS) is 10.4. The molecule has 3 aromatic rings. The van der Waals surface area contributed by atoms with Crippen LogP contribution in [0, 0.1) is 6.92 Å². The molecule has 2 aromatic carbocycles. The van der Waals surface area contributed by atoms with Crippen molar-refractivity contribution < 1.29 is 4.74 Å². The summed E-state index contributed by atoms with van der Waals surface area (Å²) in [7, 11) is 1.62. The zero-order valence-electron chi connectivity index (χ0n) is 13.5. The van der Waals surface area contributed by atoms with Gasteiger partial charge in [0.25, 0.3) is 0 Å². The molecule has 3 rings (SSSR count). The van der Waals surface area contributed by atoms with E-state index in [2.05, 4.69) is 25.8 Å². The molecule has 128 valence electrons. The van der Waals surface area contributed by atoms with E-state index in [9.17, 15) is 0 Å². The SMILES string of the molecule is COc1ccc(C)cc1Nc1cnnc(Nc2cc(Cl)cc(Cl)c2)n1. The first kappa shape index (κ1) is 17.3. The first-order valence-electron chi connectivity index (χ1n) is 7.38. The highest BCUT2D eigenvalue weighted by Gasteiger charge is 2.07. The van der Waals surface area contributed by atoms with Crippen LogP contribution in [0.5, 0.6) is 5.75 Å². The summed E-state index contributed by atoms with van der Waals surface area (Å²) in [6.45, 7) is 2.00. The Bertz CT molecular complexity index is 884. The zero-order chi connectivity index (χ0) is 17.8. The van der Waals surface area contributed by atoms with Crippen LogP contribution in [-0.4, -0.2) is 22.3 Å². The third kappa shape index (κ3) is 4.49. The molecule has 0 unspecified atom stereocenters. The van der Waals surface area contributed by atoms with Gasteiger partial charge in [0.05, 0.1) is 19.0 Å². The third-order valence-electron chi connectivity index (χ3n) is 3.30. The zero-order valence-corrected chi connectivity index (χ0v) is 15.1. The van der Waals surface area contributed by atoms with Crippen molar-refractivity contribution in [2.24, 2.45) is 0 Å². The Morgan fingerprint density at radius 3 is 2.48 bits per heavy atom. The van der Waals surface area contributed by atoms with Gasteiger partial charge in [0, 0.05) is 15.7 Å². The topological polar surface area (TPSA) is 72.0 Å². The number of nitrogens with one attached hydrogen (secondary N) is 2. The lowest BCUT2D eigenvalue weighted by atomic mass is 10.2. The molecule has 0 aliphatic rings. The number of aromatic nitrogens is 3. The van der Waals surface area contributed by atoms with Crippen molar-refractivity contribution in [3.63, 3.8) is 0 Å². The monoisotopic (exact) mass is 375 g/mol. The lowest BCUT2D eigenvalue weighted by Gasteiger charge is -2.12. The third-order valence-corrected chi connectivity index (χ3v) is 3.73. The van der Waals surface area contributed by atoms with Gasteiger partial charge in [-0.05, 0) is 42.8 Å². The fourth-order valence-electron chi connectivity index (χ4n) is 2.23. The number of benzene rings is 2. The van der Waals surface area contributed by atoms with E-state index >= 15 is 0 Å². The minimum absolute atomic E-state index is 0.315. The van der Waals surface area contributed by atoms with Crippen molar-refractivity contribution in [1.29, 1.82) is 0 Å². The molecule has 25 heavy (non-hydrogen) atoms. The Balaban J connectivity index is 1.83. The lowest BCUT2D eigenvalue weighted by molar-refractivity contribution is 0.416. The van der Waals surface area contributed by atoms with Gasteiger partial charge in [-0.2, -0.15) is 10.1 Å². The molecule has 6 nitrogen and oxygen atoms in total. The summed E-state index contributed by atoms with van der Waals surface area (Å²) < 4.78 is 5.35. The fraction of sp³-hybridized carbons (Fsp3) is 0.118. The number of methoxy groups -OCH3 is 1. The van der Waals surface area contributed by atoms with Gasteiger partial charge in [-0.25, -0.2) is 0 Å². The van der Waals surface area contributed by atoms with Gasteiger partial charge in [0.2, 0.25) is 5.95 Å². The molecule has 0 radical (unpaired) electrons.